The molecule has 1 aliphatic heterocycles. The molecule has 0 aromatic carbocycles. The van der Waals surface area contributed by atoms with Crippen LogP contribution in [0.3, 0.4) is 0 Å². The van der Waals surface area contributed by atoms with Crippen LogP contribution in [-0.2, 0) is 12.0 Å². The highest BCUT2D eigenvalue weighted by molar-refractivity contribution is 6.29. The Morgan fingerprint density at radius 2 is 2.20 bits per heavy atom. The molecule has 0 bridgehead atoms. The lowest BCUT2D eigenvalue weighted by atomic mass is 9.83. The molecule has 2 heterocycles. The number of nitrogens with one attached hydrogen (secondary N) is 1. The van der Waals surface area contributed by atoms with Gasteiger partial charge < -0.3 is 9.73 Å². The lowest BCUT2D eigenvalue weighted by Gasteiger charge is -2.37. The molecule has 2 aliphatic rings. The van der Waals surface area contributed by atoms with Crippen LogP contribution in [0.1, 0.15) is 43.9 Å². The minimum absolute atomic E-state index is 0.170. The number of halogens is 1. The van der Waals surface area contributed by atoms with E-state index in [1.54, 1.807) is 0 Å². The third kappa shape index (κ3) is 1.42. The molecular weight excluding hydrogens is 210 g/mol. The molecule has 15 heavy (non-hydrogen) atoms. The third-order valence-electron chi connectivity index (χ3n) is 3.77. The topological polar surface area (TPSA) is 25.2 Å². The smallest absolute Gasteiger partial charge is 0.193 e. The molecule has 1 spiro atoms. The molecule has 3 rings (SSSR count). The Bertz CT molecular complexity index is 379. The fourth-order valence-corrected chi connectivity index (χ4v) is 3.43. The number of hydrogen-bond donors (Lipinski definition) is 1. The molecular formula is C12H16ClNO. The molecule has 1 unspecified atom stereocenters. The Kier molecular flexibility index (Phi) is 2.12. The average molecular weight is 226 g/mol. The predicted molar refractivity (Wildman–Crippen MR) is 60.2 cm³/mol. The fraction of sp³-hybridized carbons (Fsp3) is 0.667. The second kappa shape index (κ2) is 3.26. The normalized spacial score (nSPS) is 28.3. The maximum Gasteiger partial charge on any atom is 0.193 e. The summed E-state index contributed by atoms with van der Waals surface area (Å²) in [5.74, 6) is 1.10. The Morgan fingerprint density at radius 1 is 1.47 bits per heavy atom. The van der Waals surface area contributed by atoms with Gasteiger partial charge in [-0.15, -0.1) is 0 Å². The Labute approximate surface area is 95.0 Å². The van der Waals surface area contributed by atoms with Gasteiger partial charge in [-0.05, 0) is 31.4 Å². The minimum Gasteiger partial charge on any atom is -0.449 e. The zero-order chi connectivity index (χ0) is 10.5. The average Bonchev–Trinajstić information content (AvgIpc) is 2.73. The summed E-state index contributed by atoms with van der Waals surface area (Å²) in [5.41, 5.74) is 1.49. The van der Waals surface area contributed by atoms with Gasteiger partial charge in [0.05, 0.1) is 0 Å². The van der Waals surface area contributed by atoms with E-state index in [4.69, 9.17) is 16.0 Å². The van der Waals surface area contributed by atoms with Crippen molar-refractivity contribution in [3.05, 3.63) is 22.6 Å². The van der Waals surface area contributed by atoms with Crippen molar-refractivity contribution < 1.29 is 4.42 Å². The van der Waals surface area contributed by atoms with Gasteiger partial charge in [-0.25, -0.2) is 0 Å². The summed E-state index contributed by atoms with van der Waals surface area (Å²) >= 11 is 5.97. The van der Waals surface area contributed by atoms with Gasteiger partial charge >= 0.3 is 0 Å². The standard InChI is InChI=1S/C12H16ClNO/c1-8-6-10-9(7-11(13)15-10)12(14-8)4-2-3-5-12/h7-8,14H,2-6H2,1H3. The van der Waals surface area contributed by atoms with Gasteiger partial charge in [-0.2, -0.15) is 0 Å². The van der Waals surface area contributed by atoms with Crippen molar-refractivity contribution in [3.63, 3.8) is 0 Å². The monoisotopic (exact) mass is 225 g/mol. The summed E-state index contributed by atoms with van der Waals surface area (Å²) in [4.78, 5) is 0. The maximum absolute atomic E-state index is 5.97. The van der Waals surface area contributed by atoms with E-state index < -0.39 is 0 Å². The second-order valence-electron chi connectivity index (χ2n) is 4.93. The van der Waals surface area contributed by atoms with E-state index in [9.17, 15) is 0 Å². The summed E-state index contributed by atoms with van der Waals surface area (Å²) < 4.78 is 5.59. The third-order valence-corrected chi connectivity index (χ3v) is 3.95. The van der Waals surface area contributed by atoms with Crippen LogP contribution >= 0.6 is 11.6 Å². The van der Waals surface area contributed by atoms with Crippen molar-refractivity contribution in [2.24, 2.45) is 0 Å². The predicted octanol–water partition coefficient (Wildman–Crippen LogP) is 3.24. The van der Waals surface area contributed by atoms with Crippen molar-refractivity contribution >= 4 is 11.6 Å². The Morgan fingerprint density at radius 3 is 2.93 bits per heavy atom. The minimum atomic E-state index is 0.170. The van der Waals surface area contributed by atoms with E-state index in [0.29, 0.717) is 11.3 Å². The molecule has 1 atom stereocenters. The summed E-state index contributed by atoms with van der Waals surface area (Å²) in [6, 6.07) is 2.51. The first kappa shape index (κ1) is 9.73. The van der Waals surface area contributed by atoms with Crippen LogP contribution < -0.4 is 5.32 Å². The summed E-state index contributed by atoms with van der Waals surface area (Å²) in [6.07, 6.45) is 6.02. The number of rotatable bonds is 0. The molecule has 0 amide bonds. The Balaban J connectivity index is 2.09. The van der Waals surface area contributed by atoms with Crippen LogP contribution in [0.15, 0.2) is 10.5 Å². The van der Waals surface area contributed by atoms with Gasteiger partial charge in [0.2, 0.25) is 0 Å². The first-order valence-electron chi connectivity index (χ1n) is 5.76. The van der Waals surface area contributed by atoms with Gasteiger partial charge in [0, 0.05) is 29.6 Å². The molecule has 1 aromatic rings. The van der Waals surface area contributed by atoms with Crippen molar-refractivity contribution in [1.29, 1.82) is 0 Å². The molecule has 0 saturated heterocycles. The van der Waals surface area contributed by atoms with E-state index in [1.807, 2.05) is 6.07 Å². The molecule has 1 aliphatic carbocycles. The lowest BCUT2D eigenvalue weighted by Crippen LogP contribution is -2.49. The highest BCUT2D eigenvalue weighted by Gasteiger charge is 2.42. The summed E-state index contributed by atoms with van der Waals surface area (Å²) in [6.45, 7) is 2.22. The number of hydrogen-bond acceptors (Lipinski definition) is 2. The molecule has 1 N–H and O–H groups in total. The molecule has 1 aromatic heterocycles. The van der Waals surface area contributed by atoms with Crippen LogP contribution in [0.4, 0.5) is 0 Å². The highest BCUT2D eigenvalue weighted by Crippen LogP contribution is 2.44. The fourth-order valence-electron chi connectivity index (χ4n) is 3.22. The molecule has 3 heteroatoms. The SMILES string of the molecule is CC1Cc2oc(Cl)cc2C2(CCCC2)N1. The van der Waals surface area contributed by atoms with Gasteiger partial charge in [0.1, 0.15) is 5.76 Å². The molecule has 1 saturated carbocycles. The van der Waals surface area contributed by atoms with Crippen LogP contribution in [0.25, 0.3) is 0 Å². The quantitative estimate of drug-likeness (QED) is 0.734. The van der Waals surface area contributed by atoms with Crippen molar-refractivity contribution in [2.75, 3.05) is 0 Å². The second-order valence-corrected chi connectivity index (χ2v) is 5.30. The number of fused-ring (bicyclic) bond motifs is 2. The molecule has 0 radical (unpaired) electrons. The van der Waals surface area contributed by atoms with Gasteiger partial charge in [0.25, 0.3) is 0 Å². The van der Waals surface area contributed by atoms with E-state index >= 15 is 0 Å². The van der Waals surface area contributed by atoms with Crippen molar-refractivity contribution in [3.8, 4) is 0 Å². The van der Waals surface area contributed by atoms with Gasteiger partial charge in [0.15, 0.2) is 5.22 Å². The largest absolute Gasteiger partial charge is 0.449 e. The first-order chi connectivity index (χ1) is 7.20. The molecule has 82 valence electrons. The zero-order valence-corrected chi connectivity index (χ0v) is 9.73. The van der Waals surface area contributed by atoms with Crippen molar-refractivity contribution in [1.82, 2.24) is 5.32 Å². The Hall–Kier alpha value is -0.470. The van der Waals surface area contributed by atoms with Crippen molar-refractivity contribution in [2.45, 2.75) is 50.6 Å². The summed E-state index contributed by atoms with van der Waals surface area (Å²) in [7, 11) is 0. The summed E-state index contributed by atoms with van der Waals surface area (Å²) in [5, 5.41) is 4.29. The van der Waals surface area contributed by atoms with Gasteiger partial charge in [-0.1, -0.05) is 12.8 Å². The van der Waals surface area contributed by atoms with Crippen LogP contribution in [-0.4, -0.2) is 6.04 Å². The first-order valence-corrected chi connectivity index (χ1v) is 6.14. The highest BCUT2D eigenvalue weighted by atomic mass is 35.5. The van der Waals surface area contributed by atoms with Gasteiger partial charge in [-0.3, -0.25) is 0 Å². The van der Waals surface area contributed by atoms with E-state index in [1.165, 1.54) is 31.2 Å². The van der Waals surface area contributed by atoms with E-state index in [0.717, 1.165) is 12.2 Å². The molecule has 1 fully saturated rings. The molecule has 2 nitrogen and oxygen atoms in total. The van der Waals surface area contributed by atoms with E-state index in [2.05, 4.69) is 12.2 Å². The van der Waals surface area contributed by atoms with Crippen LogP contribution in [0.5, 0.6) is 0 Å². The van der Waals surface area contributed by atoms with Crippen LogP contribution in [0.2, 0.25) is 5.22 Å². The zero-order valence-electron chi connectivity index (χ0n) is 8.98. The van der Waals surface area contributed by atoms with E-state index in [-0.39, 0.29) is 5.54 Å². The number of furan rings is 1. The van der Waals surface area contributed by atoms with Crippen LogP contribution in [0, 0.1) is 0 Å². The maximum atomic E-state index is 5.97. The lowest BCUT2D eigenvalue weighted by molar-refractivity contribution is 0.262.